The number of morpholine rings is 1. The third-order valence-electron chi connectivity index (χ3n) is 6.01. The fourth-order valence-electron chi connectivity index (χ4n) is 4.39. The van der Waals surface area contributed by atoms with Crippen molar-refractivity contribution in [2.45, 2.75) is 19.4 Å². The predicted octanol–water partition coefficient (Wildman–Crippen LogP) is 4.07. The molecule has 162 valence electrons. The monoisotopic (exact) mass is 429 g/mol. The smallest absolute Gasteiger partial charge is 0.222 e. The Morgan fingerprint density at radius 3 is 2.97 bits per heavy atom. The zero-order chi connectivity index (χ0) is 21.7. The van der Waals surface area contributed by atoms with Crippen LogP contribution in [0.1, 0.15) is 13.3 Å². The van der Waals surface area contributed by atoms with Crippen LogP contribution in [0.25, 0.3) is 22.2 Å². The number of rotatable bonds is 3. The minimum Gasteiger partial charge on any atom is -0.454 e. The minimum absolute atomic E-state index is 0.239. The summed E-state index contributed by atoms with van der Waals surface area (Å²) in [6.07, 6.45) is 0.965. The van der Waals surface area contributed by atoms with Gasteiger partial charge in [0.15, 0.2) is 11.6 Å². The molecule has 0 unspecified atom stereocenters. The van der Waals surface area contributed by atoms with Crippen molar-refractivity contribution >= 4 is 34.2 Å². The van der Waals surface area contributed by atoms with Gasteiger partial charge in [0.05, 0.1) is 41.5 Å². The first-order valence-electron chi connectivity index (χ1n) is 10.7. The van der Waals surface area contributed by atoms with Crippen LogP contribution in [0.3, 0.4) is 0 Å². The molecule has 0 saturated carbocycles. The van der Waals surface area contributed by atoms with E-state index in [1.165, 1.54) is 0 Å². The molecule has 9 nitrogen and oxygen atoms in total. The van der Waals surface area contributed by atoms with Gasteiger partial charge in [-0.15, -0.1) is 0 Å². The van der Waals surface area contributed by atoms with Crippen LogP contribution >= 0.6 is 0 Å². The number of aromatic nitrogens is 4. The Bertz CT molecular complexity index is 1320. The van der Waals surface area contributed by atoms with Gasteiger partial charge < -0.3 is 25.4 Å². The van der Waals surface area contributed by atoms with Crippen molar-refractivity contribution in [3.63, 3.8) is 0 Å². The zero-order valence-electron chi connectivity index (χ0n) is 17.6. The number of H-pyrrole nitrogens is 1. The van der Waals surface area contributed by atoms with Gasteiger partial charge in [0.1, 0.15) is 11.6 Å². The van der Waals surface area contributed by atoms with E-state index in [1.807, 2.05) is 42.5 Å². The normalized spacial score (nSPS) is 17.4. The largest absolute Gasteiger partial charge is 0.454 e. The summed E-state index contributed by atoms with van der Waals surface area (Å²) in [4.78, 5) is 11.3. The van der Waals surface area contributed by atoms with Crippen LogP contribution < -0.4 is 20.7 Å². The van der Waals surface area contributed by atoms with Crippen LogP contribution in [0.15, 0.2) is 42.5 Å². The first-order chi connectivity index (χ1) is 15.7. The topological polar surface area (TPSA) is 114 Å². The van der Waals surface area contributed by atoms with Crippen molar-refractivity contribution in [3.8, 4) is 22.8 Å². The number of hydrogen-bond donors (Lipinski definition) is 3. The number of fused-ring (bicyclic) bond motifs is 1. The Morgan fingerprint density at radius 2 is 2.06 bits per heavy atom. The van der Waals surface area contributed by atoms with Crippen LogP contribution in [-0.4, -0.2) is 46.0 Å². The van der Waals surface area contributed by atoms with E-state index in [0.29, 0.717) is 19.0 Å². The lowest BCUT2D eigenvalue weighted by Gasteiger charge is -2.36. The quantitative estimate of drug-likeness (QED) is 0.393. The first kappa shape index (κ1) is 18.9. The first-order valence-corrected chi connectivity index (χ1v) is 10.7. The summed E-state index contributed by atoms with van der Waals surface area (Å²) in [5, 5.41) is 11.8. The van der Waals surface area contributed by atoms with E-state index in [4.69, 9.17) is 15.2 Å². The number of nitrogens with one attached hydrogen (secondary N) is 2. The average molecular weight is 429 g/mol. The molecule has 1 fully saturated rings. The predicted molar refractivity (Wildman–Crippen MR) is 124 cm³/mol. The molecule has 0 amide bonds. The number of anilines is 4. The second-order valence-corrected chi connectivity index (χ2v) is 7.99. The second-order valence-electron chi connectivity index (χ2n) is 7.99. The van der Waals surface area contributed by atoms with Crippen molar-refractivity contribution in [2.75, 3.05) is 35.7 Å². The van der Waals surface area contributed by atoms with Crippen molar-refractivity contribution in [2.24, 2.45) is 0 Å². The van der Waals surface area contributed by atoms with Crippen molar-refractivity contribution in [3.05, 3.63) is 42.5 Å². The van der Waals surface area contributed by atoms with Crippen molar-refractivity contribution in [1.29, 1.82) is 0 Å². The lowest BCUT2D eigenvalue weighted by molar-refractivity contribution is 0.0926. The van der Waals surface area contributed by atoms with Crippen LogP contribution in [0.4, 0.5) is 23.3 Å². The summed E-state index contributed by atoms with van der Waals surface area (Å²) in [5.74, 6) is 3.23. The van der Waals surface area contributed by atoms with Gasteiger partial charge >= 0.3 is 0 Å². The molecular weight excluding hydrogens is 406 g/mol. The number of hydrogen-bond acceptors (Lipinski definition) is 8. The molecule has 4 N–H and O–H groups in total. The van der Waals surface area contributed by atoms with Gasteiger partial charge in [0.2, 0.25) is 5.95 Å². The van der Waals surface area contributed by atoms with E-state index < -0.39 is 0 Å². The maximum absolute atomic E-state index is 6.28. The number of benzene rings is 2. The Balaban J connectivity index is 1.46. The molecule has 2 aromatic carbocycles. The van der Waals surface area contributed by atoms with Crippen LogP contribution in [-0.2, 0) is 4.74 Å². The Morgan fingerprint density at radius 1 is 1.16 bits per heavy atom. The highest BCUT2D eigenvalue weighted by atomic mass is 16.5. The van der Waals surface area contributed by atoms with E-state index in [0.717, 1.165) is 58.2 Å². The molecular formula is C23H23N7O2. The molecule has 0 spiro atoms. The highest BCUT2D eigenvalue weighted by Gasteiger charge is 2.25. The molecule has 4 heterocycles. The van der Waals surface area contributed by atoms with Crippen LogP contribution in [0.5, 0.6) is 11.5 Å². The molecule has 0 bridgehead atoms. The maximum Gasteiger partial charge on any atom is 0.222 e. The molecule has 32 heavy (non-hydrogen) atoms. The summed E-state index contributed by atoms with van der Waals surface area (Å²) in [6.45, 7) is 4.28. The van der Waals surface area contributed by atoms with Gasteiger partial charge in [-0.2, -0.15) is 10.1 Å². The molecule has 0 aliphatic carbocycles. The van der Waals surface area contributed by atoms with Gasteiger partial charge in [-0.25, -0.2) is 4.98 Å². The Labute approximate surface area is 184 Å². The number of nitrogens with two attached hydrogens (primary N) is 1. The van der Waals surface area contributed by atoms with Gasteiger partial charge in [-0.1, -0.05) is 19.1 Å². The third kappa shape index (κ3) is 3.09. The standard InChI is InChI=1S/C23H23N7O2/c1-2-14-12-31-8-7-30(14)20-11-16(26-23(24)27-20)13-9-17-21-19(10-13)32-18-6-4-3-5-15(18)25-22(21)29-28-17/h3-6,9-11,14H,2,7-8,12H2,1H3,(H2,24,26,27)(H2,25,28,29)/t14-/m1/s1. The van der Waals surface area contributed by atoms with E-state index in [1.54, 1.807) is 0 Å². The molecule has 4 aromatic rings. The second kappa shape index (κ2) is 7.38. The highest BCUT2D eigenvalue weighted by Crippen LogP contribution is 2.44. The summed E-state index contributed by atoms with van der Waals surface area (Å²) in [6, 6.07) is 14.0. The lowest BCUT2D eigenvalue weighted by Crippen LogP contribution is -2.45. The molecule has 1 saturated heterocycles. The molecule has 1 atom stereocenters. The van der Waals surface area contributed by atoms with Gasteiger partial charge in [0.25, 0.3) is 0 Å². The SMILES string of the molecule is CC[C@@H]1COCCN1c1cc(-c2cc3c4c(n[nH]c4c2)Nc2ccccc2O3)nc(N)n1. The fraction of sp³-hybridized carbons (Fsp3) is 0.261. The molecule has 2 aliphatic rings. The van der Waals surface area contributed by atoms with Gasteiger partial charge in [0, 0.05) is 18.2 Å². The summed E-state index contributed by atoms with van der Waals surface area (Å²) >= 11 is 0. The summed E-state index contributed by atoms with van der Waals surface area (Å²) in [7, 11) is 0. The molecule has 6 rings (SSSR count). The van der Waals surface area contributed by atoms with E-state index in [2.05, 4.69) is 37.3 Å². The Hall–Kier alpha value is -3.85. The molecule has 2 aliphatic heterocycles. The van der Waals surface area contributed by atoms with Gasteiger partial charge in [-0.05, 0) is 30.7 Å². The summed E-state index contributed by atoms with van der Waals surface area (Å²) < 4.78 is 11.9. The van der Waals surface area contributed by atoms with Crippen molar-refractivity contribution in [1.82, 2.24) is 20.2 Å². The van der Waals surface area contributed by atoms with Crippen LogP contribution in [0, 0.1) is 0 Å². The number of ether oxygens (including phenoxy) is 2. The summed E-state index contributed by atoms with van der Waals surface area (Å²) in [5.41, 5.74) is 9.46. The van der Waals surface area contributed by atoms with Crippen molar-refractivity contribution < 1.29 is 9.47 Å². The minimum atomic E-state index is 0.239. The average Bonchev–Trinajstić information content (AvgIpc) is 3.14. The maximum atomic E-state index is 6.28. The fourth-order valence-corrected chi connectivity index (χ4v) is 4.39. The molecule has 9 heteroatoms. The zero-order valence-corrected chi connectivity index (χ0v) is 17.6. The number of nitrogens with zero attached hydrogens (tertiary/aromatic N) is 4. The third-order valence-corrected chi connectivity index (χ3v) is 6.01. The van der Waals surface area contributed by atoms with E-state index >= 15 is 0 Å². The number of para-hydroxylation sites is 2. The molecule has 0 radical (unpaired) electrons. The lowest BCUT2D eigenvalue weighted by atomic mass is 10.1. The highest BCUT2D eigenvalue weighted by molar-refractivity contribution is 6.00. The molecule has 2 aromatic heterocycles. The number of aromatic amines is 1. The van der Waals surface area contributed by atoms with Gasteiger partial charge in [-0.3, -0.25) is 5.10 Å². The van der Waals surface area contributed by atoms with E-state index in [-0.39, 0.29) is 12.0 Å². The van der Waals surface area contributed by atoms with Crippen LogP contribution in [0.2, 0.25) is 0 Å². The van der Waals surface area contributed by atoms with E-state index in [9.17, 15) is 0 Å². The Kier molecular flexibility index (Phi) is 4.36. The number of nitrogen functional groups attached to an aromatic ring is 1.